The fourth-order valence-electron chi connectivity index (χ4n) is 2.02. The lowest BCUT2D eigenvalue weighted by molar-refractivity contribution is -0.145. The van der Waals surface area contributed by atoms with Crippen LogP contribution in [0.25, 0.3) is 0 Å². The first kappa shape index (κ1) is 15.2. The molecule has 6 nitrogen and oxygen atoms in total. The van der Waals surface area contributed by atoms with Gasteiger partial charge in [0.15, 0.2) is 5.82 Å². The van der Waals surface area contributed by atoms with Crippen LogP contribution in [-0.4, -0.2) is 27.7 Å². The Hall–Kier alpha value is -2.24. The average Bonchev–Trinajstić information content (AvgIpc) is 2.94. The number of carbonyl (C=O) groups excluding carboxylic acids is 1. The normalized spacial score (nSPS) is 12.1. The van der Waals surface area contributed by atoms with Crippen LogP contribution in [0, 0.1) is 0 Å². The summed E-state index contributed by atoms with van der Waals surface area (Å²) < 4.78 is 10.3. The minimum atomic E-state index is -0.486. The number of ether oxygens (including phenoxy) is 1. The van der Waals surface area contributed by atoms with Gasteiger partial charge in [-0.15, -0.1) is 0 Å². The molecule has 2 aromatic rings. The minimum absolute atomic E-state index is 0.313. The molecule has 0 fully saturated rings. The Balaban J connectivity index is 2.11. The lowest BCUT2D eigenvalue weighted by Gasteiger charge is -2.09. The zero-order valence-electron chi connectivity index (χ0n) is 12.3. The summed E-state index contributed by atoms with van der Waals surface area (Å²) in [6.07, 6.45) is 3.66. The summed E-state index contributed by atoms with van der Waals surface area (Å²) in [7, 11) is 0. The molecule has 2 rings (SSSR count). The highest BCUT2D eigenvalue weighted by Gasteiger charge is 2.27. The summed E-state index contributed by atoms with van der Waals surface area (Å²) >= 11 is 0. The van der Waals surface area contributed by atoms with Gasteiger partial charge in [0.1, 0.15) is 5.92 Å². The minimum Gasteiger partial charge on any atom is -0.465 e. The standard InChI is InChI=1S/C15H19N3O3/c1-3-7-12(15(19)20-4-2)14-17-13(18-21-14)10-11-8-5-6-9-16-11/h5-6,8-9,12H,3-4,7,10H2,1-2H3. The molecule has 2 aromatic heterocycles. The van der Waals surface area contributed by atoms with E-state index < -0.39 is 5.92 Å². The molecule has 0 saturated heterocycles. The molecule has 1 atom stereocenters. The fraction of sp³-hybridized carbons (Fsp3) is 0.467. The Labute approximate surface area is 123 Å². The fourth-order valence-corrected chi connectivity index (χ4v) is 2.02. The van der Waals surface area contributed by atoms with Crippen molar-refractivity contribution in [3.8, 4) is 0 Å². The van der Waals surface area contributed by atoms with E-state index in [0.29, 0.717) is 31.2 Å². The van der Waals surface area contributed by atoms with Crippen molar-refractivity contribution < 1.29 is 14.1 Å². The number of hydrogen-bond acceptors (Lipinski definition) is 6. The van der Waals surface area contributed by atoms with Crippen LogP contribution in [0.1, 0.15) is 50.0 Å². The molecule has 0 spiro atoms. The molecular weight excluding hydrogens is 270 g/mol. The van der Waals surface area contributed by atoms with Crippen molar-refractivity contribution >= 4 is 5.97 Å². The van der Waals surface area contributed by atoms with Crippen molar-refractivity contribution in [2.45, 2.75) is 39.0 Å². The Kier molecular flexibility index (Phi) is 5.43. The van der Waals surface area contributed by atoms with Gasteiger partial charge in [0.05, 0.1) is 13.0 Å². The molecule has 0 bridgehead atoms. The van der Waals surface area contributed by atoms with Gasteiger partial charge < -0.3 is 9.26 Å². The SMILES string of the molecule is CCCC(C(=O)OCC)c1nc(Cc2ccccn2)no1. The van der Waals surface area contributed by atoms with Crippen LogP contribution in [0.4, 0.5) is 0 Å². The molecule has 112 valence electrons. The quantitative estimate of drug-likeness (QED) is 0.729. The van der Waals surface area contributed by atoms with Crippen molar-refractivity contribution in [2.75, 3.05) is 6.61 Å². The first-order valence-electron chi connectivity index (χ1n) is 7.13. The maximum Gasteiger partial charge on any atom is 0.318 e. The topological polar surface area (TPSA) is 78.1 Å². The van der Waals surface area contributed by atoms with Crippen LogP contribution in [0.2, 0.25) is 0 Å². The monoisotopic (exact) mass is 289 g/mol. The summed E-state index contributed by atoms with van der Waals surface area (Å²) in [6.45, 7) is 4.12. The van der Waals surface area contributed by atoms with E-state index in [-0.39, 0.29) is 5.97 Å². The van der Waals surface area contributed by atoms with Gasteiger partial charge in [0.2, 0.25) is 5.89 Å². The smallest absolute Gasteiger partial charge is 0.318 e. The molecule has 21 heavy (non-hydrogen) atoms. The second-order valence-corrected chi connectivity index (χ2v) is 4.64. The van der Waals surface area contributed by atoms with E-state index in [4.69, 9.17) is 9.26 Å². The van der Waals surface area contributed by atoms with Gasteiger partial charge in [-0.2, -0.15) is 4.98 Å². The van der Waals surface area contributed by atoms with Gasteiger partial charge in [-0.05, 0) is 25.5 Å². The van der Waals surface area contributed by atoms with Crippen LogP contribution in [0.5, 0.6) is 0 Å². The Bertz CT molecular complexity index is 569. The number of carbonyl (C=O) groups is 1. The van der Waals surface area contributed by atoms with Gasteiger partial charge in [0.25, 0.3) is 0 Å². The maximum atomic E-state index is 11.9. The van der Waals surface area contributed by atoms with E-state index in [1.165, 1.54) is 0 Å². The van der Waals surface area contributed by atoms with Crippen molar-refractivity contribution in [1.29, 1.82) is 0 Å². The highest BCUT2D eigenvalue weighted by atomic mass is 16.5. The zero-order valence-corrected chi connectivity index (χ0v) is 12.3. The molecule has 0 saturated carbocycles. The van der Waals surface area contributed by atoms with Crippen molar-refractivity contribution in [2.24, 2.45) is 0 Å². The van der Waals surface area contributed by atoms with Crippen molar-refractivity contribution in [3.63, 3.8) is 0 Å². The summed E-state index contributed by atoms with van der Waals surface area (Å²) in [6, 6.07) is 5.65. The Morgan fingerprint density at radius 1 is 1.38 bits per heavy atom. The number of esters is 1. The van der Waals surface area contributed by atoms with Crippen molar-refractivity contribution in [3.05, 3.63) is 41.8 Å². The number of nitrogens with zero attached hydrogens (tertiary/aromatic N) is 3. The molecule has 2 heterocycles. The molecule has 0 radical (unpaired) electrons. The third-order valence-corrected chi connectivity index (χ3v) is 3.00. The van der Waals surface area contributed by atoms with Gasteiger partial charge >= 0.3 is 5.97 Å². The molecule has 0 amide bonds. The molecule has 0 N–H and O–H groups in total. The summed E-state index contributed by atoms with van der Waals surface area (Å²) in [5.74, 6) is 0.0441. The van der Waals surface area contributed by atoms with Crippen molar-refractivity contribution in [1.82, 2.24) is 15.1 Å². The highest BCUT2D eigenvalue weighted by molar-refractivity contribution is 5.76. The first-order chi connectivity index (χ1) is 10.2. The lowest BCUT2D eigenvalue weighted by atomic mass is 10.0. The van der Waals surface area contributed by atoms with Gasteiger partial charge in [-0.1, -0.05) is 24.6 Å². The van der Waals surface area contributed by atoms with E-state index in [2.05, 4.69) is 15.1 Å². The third-order valence-electron chi connectivity index (χ3n) is 3.00. The first-order valence-corrected chi connectivity index (χ1v) is 7.13. The largest absolute Gasteiger partial charge is 0.465 e. The number of hydrogen-bond donors (Lipinski definition) is 0. The molecule has 6 heteroatoms. The molecule has 1 unspecified atom stereocenters. The van der Waals surface area contributed by atoms with Crippen LogP contribution < -0.4 is 0 Å². The summed E-state index contributed by atoms with van der Waals surface area (Å²) in [5, 5.41) is 3.92. The van der Waals surface area contributed by atoms with Crippen LogP contribution in [0.3, 0.4) is 0 Å². The van der Waals surface area contributed by atoms with E-state index in [9.17, 15) is 4.79 Å². The maximum absolute atomic E-state index is 11.9. The van der Waals surface area contributed by atoms with Gasteiger partial charge in [-0.3, -0.25) is 9.78 Å². The highest BCUT2D eigenvalue weighted by Crippen LogP contribution is 2.21. The molecule has 0 aliphatic heterocycles. The number of rotatable bonds is 7. The van der Waals surface area contributed by atoms with Gasteiger partial charge in [0, 0.05) is 11.9 Å². The average molecular weight is 289 g/mol. The predicted molar refractivity (Wildman–Crippen MR) is 75.6 cm³/mol. The summed E-state index contributed by atoms with van der Waals surface area (Å²) in [4.78, 5) is 20.5. The van der Waals surface area contributed by atoms with Crippen LogP contribution >= 0.6 is 0 Å². The molecular formula is C15H19N3O3. The number of aromatic nitrogens is 3. The second kappa shape index (κ2) is 7.52. The Morgan fingerprint density at radius 3 is 2.90 bits per heavy atom. The van der Waals surface area contributed by atoms with E-state index in [1.807, 2.05) is 25.1 Å². The van der Waals surface area contributed by atoms with E-state index >= 15 is 0 Å². The van der Waals surface area contributed by atoms with E-state index in [1.54, 1.807) is 13.1 Å². The Morgan fingerprint density at radius 2 is 2.24 bits per heavy atom. The molecule has 0 aliphatic carbocycles. The zero-order chi connectivity index (χ0) is 15.1. The van der Waals surface area contributed by atoms with Gasteiger partial charge in [-0.25, -0.2) is 0 Å². The van der Waals surface area contributed by atoms with Crippen LogP contribution in [-0.2, 0) is 16.0 Å². The predicted octanol–water partition coefficient (Wildman–Crippen LogP) is 2.50. The summed E-state index contributed by atoms with van der Waals surface area (Å²) in [5.41, 5.74) is 0.855. The number of pyridine rings is 1. The van der Waals surface area contributed by atoms with Crippen LogP contribution in [0.15, 0.2) is 28.9 Å². The third kappa shape index (κ3) is 4.11. The second-order valence-electron chi connectivity index (χ2n) is 4.64. The molecule has 0 aromatic carbocycles. The molecule has 0 aliphatic rings. The lowest BCUT2D eigenvalue weighted by Crippen LogP contribution is -2.16. The van der Waals surface area contributed by atoms with E-state index in [0.717, 1.165) is 12.1 Å².